The molecule has 0 aliphatic rings. The monoisotopic (exact) mass is 353 g/mol. The molecule has 2 aromatic carbocycles. The molecule has 0 fully saturated rings. The van der Waals surface area contributed by atoms with Crippen LogP contribution in [0.5, 0.6) is 5.75 Å². The summed E-state index contributed by atoms with van der Waals surface area (Å²) >= 11 is 0. The third-order valence-electron chi connectivity index (χ3n) is 4.07. The fraction of sp³-hybridized carbons (Fsp3) is 0.278. The molecule has 0 bridgehead atoms. The van der Waals surface area contributed by atoms with Crippen molar-refractivity contribution in [3.05, 3.63) is 63.7 Å². The Labute approximate surface area is 150 Å². The molecule has 0 unspecified atom stereocenters. The molecule has 3 rings (SSSR count). The number of ether oxygens (including phenoxy) is 1. The predicted molar refractivity (Wildman–Crippen MR) is 96.1 cm³/mol. The lowest BCUT2D eigenvalue weighted by atomic mass is 10.0. The minimum absolute atomic E-state index is 0.00888. The summed E-state index contributed by atoms with van der Waals surface area (Å²) in [7, 11) is 1.52. The summed E-state index contributed by atoms with van der Waals surface area (Å²) in [6.07, 6.45) is 0. The maximum absolute atomic E-state index is 11.0. The Kier molecular flexibility index (Phi) is 4.92. The van der Waals surface area contributed by atoms with E-state index in [0.29, 0.717) is 23.1 Å². The first-order valence-electron chi connectivity index (χ1n) is 8.17. The van der Waals surface area contributed by atoms with E-state index >= 15 is 0 Å². The Morgan fingerprint density at radius 2 is 1.92 bits per heavy atom. The Morgan fingerprint density at radius 3 is 2.54 bits per heavy atom. The molecule has 0 saturated heterocycles. The van der Waals surface area contributed by atoms with E-state index in [1.54, 1.807) is 6.07 Å². The summed E-state index contributed by atoms with van der Waals surface area (Å²) in [6.45, 7) is 4.49. The molecule has 8 heteroatoms. The highest BCUT2D eigenvalue weighted by Gasteiger charge is 2.14. The second-order valence-electron chi connectivity index (χ2n) is 6.17. The average Bonchev–Trinajstić information content (AvgIpc) is 3.10. The maximum atomic E-state index is 11.0. The Morgan fingerprint density at radius 1 is 1.19 bits per heavy atom. The highest BCUT2D eigenvalue weighted by Crippen LogP contribution is 2.25. The maximum Gasteiger partial charge on any atom is 0.270 e. The van der Waals surface area contributed by atoms with Crippen LogP contribution in [-0.4, -0.2) is 32.2 Å². The Bertz CT molecular complexity index is 919. The van der Waals surface area contributed by atoms with Crippen molar-refractivity contribution in [1.29, 1.82) is 0 Å². The largest absolute Gasteiger partial charge is 0.496 e. The van der Waals surface area contributed by atoms with E-state index in [1.165, 1.54) is 29.6 Å². The molecule has 0 aliphatic heterocycles. The molecule has 1 heterocycles. The second-order valence-corrected chi connectivity index (χ2v) is 6.17. The fourth-order valence-corrected chi connectivity index (χ4v) is 2.60. The number of aromatic nitrogens is 4. The van der Waals surface area contributed by atoms with Crippen LogP contribution in [0, 0.1) is 10.1 Å². The van der Waals surface area contributed by atoms with Gasteiger partial charge < -0.3 is 4.74 Å². The topological polar surface area (TPSA) is 96.0 Å². The SMILES string of the molecule is COc1ccc([N+](=O)[O-])cc1Cn1nnc(-c2ccc(C(C)C)cc2)n1. The number of non-ortho nitro benzene ring substituents is 1. The summed E-state index contributed by atoms with van der Waals surface area (Å²) in [5.41, 5.74) is 2.71. The van der Waals surface area contributed by atoms with Gasteiger partial charge in [0.2, 0.25) is 5.82 Å². The molecule has 0 atom stereocenters. The number of tetrazole rings is 1. The molecule has 0 N–H and O–H groups in total. The summed E-state index contributed by atoms with van der Waals surface area (Å²) in [5, 5.41) is 23.5. The van der Waals surface area contributed by atoms with Gasteiger partial charge in [-0.2, -0.15) is 4.80 Å². The van der Waals surface area contributed by atoms with Crippen LogP contribution in [0.25, 0.3) is 11.4 Å². The summed E-state index contributed by atoms with van der Waals surface area (Å²) in [5.74, 6) is 1.49. The lowest BCUT2D eigenvalue weighted by Gasteiger charge is -2.07. The highest BCUT2D eigenvalue weighted by molar-refractivity contribution is 5.54. The molecule has 3 aromatic rings. The van der Waals surface area contributed by atoms with Crippen molar-refractivity contribution >= 4 is 5.69 Å². The molecular formula is C18H19N5O3. The van der Waals surface area contributed by atoms with Gasteiger partial charge in [-0.3, -0.25) is 10.1 Å². The van der Waals surface area contributed by atoms with E-state index in [1.807, 2.05) is 24.3 Å². The van der Waals surface area contributed by atoms with Gasteiger partial charge in [-0.15, -0.1) is 10.2 Å². The average molecular weight is 353 g/mol. The molecule has 0 spiro atoms. The van der Waals surface area contributed by atoms with Crippen LogP contribution >= 0.6 is 0 Å². The van der Waals surface area contributed by atoms with Gasteiger partial charge in [0.05, 0.1) is 18.6 Å². The molecule has 26 heavy (non-hydrogen) atoms. The molecule has 0 amide bonds. The molecule has 0 aliphatic carbocycles. The molecular weight excluding hydrogens is 334 g/mol. The van der Waals surface area contributed by atoms with Crippen molar-refractivity contribution < 1.29 is 9.66 Å². The Hall–Kier alpha value is -3.29. The van der Waals surface area contributed by atoms with Crippen molar-refractivity contribution in [1.82, 2.24) is 20.2 Å². The van der Waals surface area contributed by atoms with Gasteiger partial charge >= 0.3 is 0 Å². The number of hydrogen-bond donors (Lipinski definition) is 0. The quantitative estimate of drug-likeness (QED) is 0.497. The molecule has 1 aromatic heterocycles. The molecule has 8 nitrogen and oxygen atoms in total. The standard InChI is InChI=1S/C18H19N5O3/c1-12(2)13-4-6-14(7-5-13)18-19-21-22(20-18)11-15-10-16(23(24)25)8-9-17(15)26-3/h4-10,12H,11H2,1-3H3. The van der Waals surface area contributed by atoms with Gasteiger partial charge in [0.25, 0.3) is 5.69 Å². The third-order valence-corrected chi connectivity index (χ3v) is 4.07. The van der Waals surface area contributed by atoms with Gasteiger partial charge in [0, 0.05) is 23.3 Å². The normalized spacial score (nSPS) is 10.9. The van der Waals surface area contributed by atoms with Crippen LogP contribution in [0.1, 0.15) is 30.9 Å². The van der Waals surface area contributed by atoms with Gasteiger partial charge in [-0.1, -0.05) is 38.1 Å². The van der Waals surface area contributed by atoms with E-state index in [0.717, 1.165) is 5.56 Å². The van der Waals surface area contributed by atoms with E-state index < -0.39 is 4.92 Å². The molecule has 134 valence electrons. The van der Waals surface area contributed by atoms with Crippen molar-refractivity contribution in [2.24, 2.45) is 0 Å². The number of hydrogen-bond acceptors (Lipinski definition) is 6. The zero-order valence-electron chi connectivity index (χ0n) is 14.8. The first-order valence-corrected chi connectivity index (χ1v) is 8.17. The van der Waals surface area contributed by atoms with Gasteiger partial charge in [0.15, 0.2) is 0 Å². The van der Waals surface area contributed by atoms with Gasteiger partial charge in [-0.05, 0) is 22.8 Å². The lowest BCUT2D eigenvalue weighted by Crippen LogP contribution is -2.06. The van der Waals surface area contributed by atoms with E-state index in [4.69, 9.17) is 4.74 Å². The molecule has 0 saturated carbocycles. The number of methoxy groups -OCH3 is 1. The fourth-order valence-electron chi connectivity index (χ4n) is 2.60. The third kappa shape index (κ3) is 3.69. The van der Waals surface area contributed by atoms with Crippen LogP contribution in [0.4, 0.5) is 5.69 Å². The van der Waals surface area contributed by atoms with Crippen LogP contribution in [0.3, 0.4) is 0 Å². The zero-order chi connectivity index (χ0) is 18.7. The molecule has 0 radical (unpaired) electrons. The number of rotatable bonds is 6. The number of nitro benzene ring substituents is 1. The Balaban J connectivity index is 1.84. The van der Waals surface area contributed by atoms with Crippen molar-refractivity contribution in [2.45, 2.75) is 26.3 Å². The van der Waals surface area contributed by atoms with Gasteiger partial charge in [-0.25, -0.2) is 0 Å². The summed E-state index contributed by atoms with van der Waals surface area (Å²) in [4.78, 5) is 11.9. The zero-order valence-corrected chi connectivity index (χ0v) is 14.8. The highest BCUT2D eigenvalue weighted by atomic mass is 16.6. The summed E-state index contributed by atoms with van der Waals surface area (Å²) < 4.78 is 5.27. The first-order chi connectivity index (χ1) is 12.5. The van der Waals surface area contributed by atoms with Crippen LogP contribution in [0.2, 0.25) is 0 Å². The minimum atomic E-state index is -0.445. The minimum Gasteiger partial charge on any atom is -0.496 e. The summed E-state index contributed by atoms with van der Waals surface area (Å²) in [6, 6.07) is 12.4. The smallest absolute Gasteiger partial charge is 0.270 e. The lowest BCUT2D eigenvalue weighted by molar-refractivity contribution is -0.384. The predicted octanol–water partition coefficient (Wildman–Crippen LogP) is 3.43. The van der Waals surface area contributed by atoms with Crippen LogP contribution in [-0.2, 0) is 6.54 Å². The second kappa shape index (κ2) is 7.30. The van der Waals surface area contributed by atoms with E-state index in [-0.39, 0.29) is 12.2 Å². The number of nitrogens with zero attached hydrogens (tertiary/aromatic N) is 5. The van der Waals surface area contributed by atoms with Crippen LogP contribution in [0.15, 0.2) is 42.5 Å². The van der Waals surface area contributed by atoms with E-state index in [2.05, 4.69) is 29.3 Å². The van der Waals surface area contributed by atoms with E-state index in [9.17, 15) is 10.1 Å². The first kappa shape index (κ1) is 17.5. The van der Waals surface area contributed by atoms with Crippen molar-refractivity contribution in [3.8, 4) is 17.1 Å². The van der Waals surface area contributed by atoms with Crippen molar-refractivity contribution in [3.63, 3.8) is 0 Å². The van der Waals surface area contributed by atoms with Gasteiger partial charge in [0.1, 0.15) is 5.75 Å². The van der Waals surface area contributed by atoms with Crippen molar-refractivity contribution in [2.75, 3.05) is 7.11 Å². The number of nitro groups is 1. The van der Waals surface area contributed by atoms with Crippen LogP contribution < -0.4 is 4.74 Å². The number of benzene rings is 2.